The van der Waals surface area contributed by atoms with Gasteiger partial charge in [-0.2, -0.15) is 0 Å². The van der Waals surface area contributed by atoms with Gasteiger partial charge in [-0.1, -0.05) is 36.4 Å². The lowest BCUT2D eigenvalue weighted by atomic mass is 10.0. The lowest BCUT2D eigenvalue weighted by Crippen LogP contribution is -2.26. The maximum atomic E-state index is 13.7. The molecule has 2 aromatic carbocycles. The van der Waals surface area contributed by atoms with Gasteiger partial charge in [-0.15, -0.1) is 0 Å². The van der Waals surface area contributed by atoms with Crippen LogP contribution in [0.3, 0.4) is 0 Å². The molecule has 4 atom stereocenters. The van der Waals surface area contributed by atoms with Gasteiger partial charge in [-0.3, -0.25) is 9.78 Å². The third-order valence-electron chi connectivity index (χ3n) is 7.63. The van der Waals surface area contributed by atoms with E-state index in [1.807, 2.05) is 22.9 Å². The van der Waals surface area contributed by atoms with Crippen molar-refractivity contribution in [1.82, 2.24) is 9.55 Å². The van der Waals surface area contributed by atoms with E-state index in [4.69, 9.17) is 9.72 Å². The lowest BCUT2D eigenvalue weighted by molar-refractivity contribution is 0.177. The van der Waals surface area contributed by atoms with Crippen molar-refractivity contribution in [3.63, 3.8) is 0 Å². The van der Waals surface area contributed by atoms with Crippen LogP contribution in [0.4, 0.5) is 5.69 Å². The summed E-state index contributed by atoms with van der Waals surface area (Å²) in [4.78, 5) is 21.0. The van der Waals surface area contributed by atoms with E-state index in [1.165, 1.54) is 0 Å². The average Bonchev–Trinajstić information content (AvgIpc) is 3.31. The highest BCUT2D eigenvalue weighted by Gasteiger charge is 2.42. The van der Waals surface area contributed by atoms with Crippen molar-refractivity contribution in [3.8, 4) is 0 Å². The van der Waals surface area contributed by atoms with Crippen LogP contribution in [-0.2, 0) is 4.74 Å². The van der Waals surface area contributed by atoms with E-state index in [-0.39, 0.29) is 11.6 Å². The fourth-order valence-corrected chi connectivity index (χ4v) is 5.79. The molecule has 2 aromatic heterocycles. The minimum Gasteiger partial charge on any atom is -0.381 e. The number of hydrogen-bond acceptors (Lipinski definition) is 4. The Hall–Kier alpha value is -3.18. The zero-order chi connectivity index (χ0) is 21.2. The summed E-state index contributed by atoms with van der Waals surface area (Å²) >= 11 is 0. The number of rotatable bonds is 3. The Bertz CT molecular complexity index is 1400. The Morgan fingerprint density at radius 1 is 0.875 bits per heavy atom. The van der Waals surface area contributed by atoms with Crippen molar-refractivity contribution < 1.29 is 4.74 Å². The maximum absolute atomic E-state index is 13.7. The van der Waals surface area contributed by atoms with Crippen LogP contribution in [0.5, 0.6) is 0 Å². The molecule has 0 amide bonds. The molecule has 32 heavy (non-hydrogen) atoms. The summed E-state index contributed by atoms with van der Waals surface area (Å²) in [5.41, 5.74) is 3.31. The number of fused-ring (bicyclic) bond motifs is 3. The molecule has 4 aromatic rings. The second-order valence-corrected chi connectivity index (χ2v) is 9.57. The van der Waals surface area contributed by atoms with Crippen LogP contribution < -0.4 is 10.5 Å². The van der Waals surface area contributed by atoms with E-state index >= 15 is 0 Å². The van der Waals surface area contributed by atoms with Crippen molar-refractivity contribution in [2.75, 3.05) is 31.2 Å². The molecule has 0 radical (unpaired) electrons. The highest BCUT2D eigenvalue weighted by Crippen LogP contribution is 2.50. The van der Waals surface area contributed by atoms with Gasteiger partial charge in [0.25, 0.3) is 5.56 Å². The highest BCUT2D eigenvalue weighted by molar-refractivity contribution is 5.93. The quantitative estimate of drug-likeness (QED) is 0.491. The van der Waals surface area contributed by atoms with Crippen molar-refractivity contribution >= 4 is 27.4 Å². The number of hydrogen-bond donors (Lipinski definition) is 0. The molecular formula is C27H25N3O2. The van der Waals surface area contributed by atoms with Crippen LogP contribution in [0.15, 0.2) is 71.7 Å². The molecule has 4 heterocycles. The largest absolute Gasteiger partial charge is 0.381 e. The molecule has 0 N–H and O–H groups in total. The molecule has 0 bridgehead atoms. The van der Waals surface area contributed by atoms with Crippen LogP contribution in [-0.4, -0.2) is 35.9 Å². The minimum atomic E-state index is 0.125. The number of anilines is 1. The van der Waals surface area contributed by atoms with E-state index in [0.717, 1.165) is 65.8 Å². The lowest BCUT2D eigenvalue weighted by Gasteiger charge is -2.22. The van der Waals surface area contributed by atoms with Crippen molar-refractivity contribution in [3.05, 3.63) is 82.9 Å². The first-order chi connectivity index (χ1) is 15.8. The molecule has 3 aliphatic rings. The number of aromatic nitrogens is 2. The summed E-state index contributed by atoms with van der Waals surface area (Å²) in [5, 5.41) is 3.04. The van der Waals surface area contributed by atoms with Gasteiger partial charge in [-0.25, -0.2) is 0 Å². The molecule has 2 aliphatic heterocycles. The molecular weight excluding hydrogens is 398 g/mol. The number of nitrogens with zero attached hydrogens (tertiary/aromatic N) is 3. The summed E-state index contributed by atoms with van der Waals surface area (Å²) < 4.78 is 7.60. The van der Waals surface area contributed by atoms with Gasteiger partial charge < -0.3 is 14.2 Å². The van der Waals surface area contributed by atoms with Crippen molar-refractivity contribution in [1.29, 1.82) is 0 Å². The third-order valence-corrected chi connectivity index (χ3v) is 7.63. The molecule has 1 aliphatic carbocycles. The summed E-state index contributed by atoms with van der Waals surface area (Å²) in [7, 11) is 0. The topological polar surface area (TPSA) is 47.4 Å². The fourth-order valence-electron chi connectivity index (χ4n) is 5.79. The molecule has 160 valence electrons. The highest BCUT2D eigenvalue weighted by atomic mass is 16.5. The van der Waals surface area contributed by atoms with Crippen LogP contribution >= 0.6 is 0 Å². The summed E-state index contributed by atoms with van der Waals surface area (Å²) in [6.07, 6.45) is 2.94. The first kappa shape index (κ1) is 18.4. The van der Waals surface area contributed by atoms with Gasteiger partial charge in [0.1, 0.15) is 0 Å². The van der Waals surface area contributed by atoms with Crippen LogP contribution in [0.1, 0.15) is 24.1 Å². The Labute approximate surface area is 186 Å². The van der Waals surface area contributed by atoms with E-state index in [9.17, 15) is 4.79 Å². The van der Waals surface area contributed by atoms with Crippen molar-refractivity contribution in [2.24, 2.45) is 11.8 Å². The van der Waals surface area contributed by atoms with Gasteiger partial charge in [0.2, 0.25) is 0 Å². The van der Waals surface area contributed by atoms with Gasteiger partial charge in [0.15, 0.2) is 0 Å². The van der Waals surface area contributed by atoms with E-state index in [0.29, 0.717) is 17.8 Å². The number of pyridine rings is 2. The summed E-state index contributed by atoms with van der Waals surface area (Å²) in [5.74, 6) is 1.47. The number of ether oxygens (including phenoxy) is 1. The predicted molar refractivity (Wildman–Crippen MR) is 126 cm³/mol. The smallest absolute Gasteiger partial charge is 0.260 e. The molecule has 0 spiro atoms. The van der Waals surface area contributed by atoms with E-state index in [1.54, 1.807) is 0 Å². The average molecular weight is 424 g/mol. The van der Waals surface area contributed by atoms with Crippen LogP contribution in [0.25, 0.3) is 21.7 Å². The molecule has 4 unspecified atom stereocenters. The summed E-state index contributed by atoms with van der Waals surface area (Å²) in [6, 6.07) is 21.0. The zero-order valence-electron chi connectivity index (χ0n) is 17.9. The molecule has 7 rings (SSSR count). The van der Waals surface area contributed by atoms with Gasteiger partial charge >= 0.3 is 0 Å². The molecule has 2 saturated heterocycles. The van der Waals surface area contributed by atoms with E-state index in [2.05, 4.69) is 53.4 Å². The number of benzene rings is 2. The number of para-hydroxylation sites is 1. The van der Waals surface area contributed by atoms with Gasteiger partial charge in [-0.05, 0) is 36.1 Å². The van der Waals surface area contributed by atoms with Crippen LogP contribution in [0.2, 0.25) is 0 Å². The SMILES string of the molecule is O=c1c2c(N3CC4COCC4C3)cccc2ccn1C1CC1c1ccc2ccccc2n1. The third kappa shape index (κ3) is 2.81. The first-order valence-corrected chi connectivity index (χ1v) is 11.6. The predicted octanol–water partition coefficient (Wildman–Crippen LogP) is 4.36. The zero-order valence-corrected chi connectivity index (χ0v) is 17.9. The Balaban J connectivity index is 1.25. The molecule has 1 saturated carbocycles. The molecule has 5 heteroatoms. The van der Waals surface area contributed by atoms with Gasteiger partial charge in [0, 0.05) is 54.2 Å². The second kappa shape index (κ2) is 6.91. The Morgan fingerprint density at radius 3 is 2.56 bits per heavy atom. The van der Waals surface area contributed by atoms with E-state index < -0.39 is 0 Å². The standard InChI is InChI=1S/C27H25N3O2/c31-27-26-18(5-3-7-24(26)29-13-19-15-32-16-20(19)14-29)10-11-30(27)25-12-21(25)23-9-8-17-4-1-2-6-22(17)28-23/h1-11,19-21,25H,12-16H2. The normalized spacial score (nSPS) is 26.7. The van der Waals surface area contributed by atoms with Crippen LogP contribution in [0, 0.1) is 11.8 Å². The fraction of sp³-hybridized carbons (Fsp3) is 0.333. The monoisotopic (exact) mass is 423 g/mol. The minimum absolute atomic E-state index is 0.125. The van der Waals surface area contributed by atoms with Gasteiger partial charge in [0.05, 0.1) is 29.8 Å². The maximum Gasteiger partial charge on any atom is 0.260 e. The Morgan fingerprint density at radius 2 is 1.69 bits per heavy atom. The Kier molecular flexibility index (Phi) is 3.97. The first-order valence-electron chi connectivity index (χ1n) is 11.6. The van der Waals surface area contributed by atoms with Crippen molar-refractivity contribution in [2.45, 2.75) is 18.4 Å². The summed E-state index contributed by atoms with van der Waals surface area (Å²) in [6.45, 7) is 3.65. The molecule has 3 fully saturated rings. The molecule has 5 nitrogen and oxygen atoms in total. The second-order valence-electron chi connectivity index (χ2n) is 9.57.